The Morgan fingerprint density at radius 1 is 0.935 bits per heavy atom. The van der Waals surface area contributed by atoms with E-state index < -0.39 is 0 Å². The maximum Gasteiger partial charge on any atom is 0.241 e. The van der Waals surface area contributed by atoms with E-state index in [-0.39, 0.29) is 12.5 Å². The molecule has 0 aromatic heterocycles. The van der Waals surface area contributed by atoms with E-state index in [1.807, 2.05) is 36.4 Å². The molecule has 1 atom stereocenters. The minimum Gasteiger partial charge on any atom is -0.497 e. The van der Waals surface area contributed by atoms with Crippen molar-refractivity contribution >= 4 is 11.9 Å². The van der Waals surface area contributed by atoms with Crippen LogP contribution in [0, 0.1) is 5.92 Å². The monoisotopic (exact) mass is 426 g/mol. The lowest BCUT2D eigenvalue weighted by Gasteiger charge is -2.18. The van der Waals surface area contributed by atoms with Crippen molar-refractivity contribution in [3.63, 3.8) is 0 Å². The first-order valence-electron chi connectivity index (χ1n) is 10.4. The fourth-order valence-electron chi connectivity index (χ4n) is 2.90. The van der Waals surface area contributed by atoms with E-state index in [1.165, 1.54) is 5.56 Å². The normalized spacial score (nSPS) is 12.1. The molecule has 0 spiro atoms. The third-order valence-electron chi connectivity index (χ3n) is 4.85. The smallest absolute Gasteiger partial charge is 0.241 e. The molecule has 0 heterocycles. The minimum absolute atomic E-state index is 0.00905. The Morgan fingerprint density at radius 3 is 2.00 bits per heavy atom. The molecule has 31 heavy (non-hydrogen) atoms. The zero-order valence-electron chi connectivity index (χ0n) is 19.1. The first-order valence-corrected chi connectivity index (χ1v) is 10.4. The summed E-state index contributed by atoms with van der Waals surface area (Å²) in [6, 6.07) is 15.9. The fraction of sp³-hybridized carbons (Fsp3) is 0.417. The number of amides is 1. The zero-order chi connectivity index (χ0) is 22.6. The van der Waals surface area contributed by atoms with Gasteiger partial charge in [0.05, 0.1) is 27.3 Å². The molecule has 1 amide bonds. The number of carbonyl (C=O) groups is 1. The maximum atomic E-state index is 12.0. The molecule has 0 bridgehead atoms. The van der Waals surface area contributed by atoms with Crippen molar-refractivity contribution in [2.45, 2.75) is 19.9 Å². The number of methoxy groups -OCH3 is 2. The van der Waals surface area contributed by atoms with Gasteiger partial charge in [0.15, 0.2) is 5.96 Å². The van der Waals surface area contributed by atoms with Gasteiger partial charge in [0, 0.05) is 20.6 Å². The first-order chi connectivity index (χ1) is 14.9. The molecule has 0 aliphatic carbocycles. The molecule has 2 aromatic rings. The first kappa shape index (κ1) is 24.1. The lowest BCUT2D eigenvalue weighted by Crippen LogP contribution is -2.44. The molecule has 7 nitrogen and oxygen atoms in total. The van der Waals surface area contributed by atoms with Crippen molar-refractivity contribution in [1.82, 2.24) is 15.5 Å². The van der Waals surface area contributed by atoms with Gasteiger partial charge in [0.2, 0.25) is 5.91 Å². The predicted octanol–water partition coefficient (Wildman–Crippen LogP) is 2.71. The van der Waals surface area contributed by atoms with E-state index in [2.05, 4.69) is 34.7 Å². The van der Waals surface area contributed by atoms with Crippen LogP contribution in [0.2, 0.25) is 0 Å². The number of likely N-dealkylation sites (N-methyl/N-ethyl adjacent to an activating group) is 1. The van der Waals surface area contributed by atoms with Crippen molar-refractivity contribution in [2.75, 3.05) is 41.4 Å². The second-order valence-corrected chi connectivity index (χ2v) is 7.69. The number of hydrogen-bond acceptors (Lipinski definition) is 4. The summed E-state index contributed by atoms with van der Waals surface area (Å²) < 4.78 is 10.4. The van der Waals surface area contributed by atoms with Crippen LogP contribution in [0.25, 0.3) is 0 Å². The minimum atomic E-state index is -0.00905. The number of nitrogens with zero attached hydrogens (tertiary/aromatic N) is 2. The Kier molecular flexibility index (Phi) is 9.68. The van der Waals surface area contributed by atoms with Gasteiger partial charge in [0.25, 0.3) is 0 Å². The number of hydrogen-bond donors (Lipinski definition) is 2. The van der Waals surface area contributed by atoms with Crippen LogP contribution in [0.1, 0.15) is 18.1 Å². The third-order valence-corrected chi connectivity index (χ3v) is 4.85. The highest BCUT2D eigenvalue weighted by Crippen LogP contribution is 2.14. The highest BCUT2D eigenvalue weighted by atomic mass is 16.5. The van der Waals surface area contributed by atoms with Gasteiger partial charge in [-0.25, -0.2) is 4.99 Å². The molecule has 2 rings (SSSR count). The quantitative estimate of drug-likeness (QED) is 0.451. The van der Waals surface area contributed by atoms with Gasteiger partial charge >= 0.3 is 0 Å². The van der Waals surface area contributed by atoms with Gasteiger partial charge < -0.3 is 25.0 Å². The van der Waals surface area contributed by atoms with Crippen molar-refractivity contribution in [2.24, 2.45) is 10.9 Å². The van der Waals surface area contributed by atoms with Crippen molar-refractivity contribution in [3.05, 3.63) is 59.7 Å². The van der Waals surface area contributed by atoms with E-state index in [0.29, 0.717) is 18.4 Å². The SMILES string of the molecule is COc1ccc(CN=C(NCC(=O)N(C)C)NCC(C)Cc2ccc(OC)cc2)cc1. The summed E-state index contributed by atoms with van der Waals surface area (Å²) in [7, 11) is 6.79. The number of nitrogens with one attached hydrogen (secondary N) is 2. The third kappa shape index (κ3) is 8.58. The summed E-state index contributed by atoms with van der Waals surface area (Å²) in [5.41, 5.74) is 2.31. The molecule has 0 saturated carbocycles. The molecule has 7 heteroatoms. The molecule has 0 radical (unpaired) electrons. The lowest BCUT2D eigenvalue weighted by atomic mass is 10.0. The van der Waals surface area contributed by atoms with Crippen LogP contribution in [0.3, 0.4) is 0 Å². The Bertz CT molecular complexity index is 833. The molecule has 2 N–H and O–H groups in total. The lowest BCUT2D eigenvalue weighted by molar-refractivity contribution is -0.127. The van der Waals surface area contributed by atoms with Gasteiger partial charge in [0.1, 0.15) is 11.5 Å². The van der Waals surface area contributed by atoms with Crippen molar-refractivity contribution < 1.29 is 14.3 Å². The number of guanidine groups is 1. The standard InChI is InChI=1S/C24H34N4O3/c1-18(14-19-6-10-21(30-4)11-7-19)15-25-24(27-17-23(29)28(2)3)26-16-20-8-12-22(31-5)13-9-20/h6-13,18H,14-17H2,1-5H3,(H2,25,26,27). The van der Waals surface area contributed by atoms with Gasteiger partial charge in [-0.15, -0.1) is 0 Å². The average Bonchev–Trinajstić information content (AvgIpc) is 2.79. The molecule has 0 fully saturated rings. The molecular formula is C24H34N4O3. The number of rotatable bonds is 10. The number of aliphatic imine (C=N–C) groups is 1. The Labute approximate surface area is 185 Å². The molecule has 1 unspecified atom stereocenters. The predicted molar refractivity (Wildman–Crippen MR) is 125 cm³/mol. The van der Waals surface area contributed by atoms with Crippen LogP contribution in [-0.4, -0.2) is 58.2 Å². The van der Waals surface area contributed by atoms with Crippen molar-refractivity contribution in [3.8, 4) is 11.5 Å². The molecule has 0 saturated heterocycles. The molecular weight excluding hydrogens is 392 g/mol. The summed E-state index contributed by atoms with van der Waals surface area (Å²) in [6.45, 7) is 3.61. The van der Waals surface area contributed by atoms with Crippen LogP contribution in [0.15, 0.2) is 53.5 Å². The summed E-state index contributed by atoms with van der Waals surface area (Å²) in [6.07, 6.45) is 0.930. The van der Waals surface area contributed by atoms with Crippen LogP contribution in [0.5, 0.6) is 11.5 Å². The van der Waals surface area contributed by atoms with Crippen LogP contribution < -0.4 is 20.1 Å². The Hall–Kier alpha value is -3.22. The second kappa shape index (κ2) is 12.5. The van der Waals surface area contributed by atoms with Crippen LogP contribution >= 0.6 is 0 Å². The largest absolute Gasteiger partial charge is 0.497 e. The summed E-state index contributed by atoms with van der Waals surface area (Å²) >= 11 is 0. The maximum absolute atomic E-state index is 12.0. The Balaban J connectivity index is 1.96. The van der Waals surface area contributed by atoms with Crippen LogP contribution in [-0.2, 0) is 17.8 Å². The fourth-order valence-corrected chi connectivity index (χ4v) is 2.90. The van der Waals surface area contributed by atoms with E-state index in [0.717, 1.165) is 30.0 Å². The molecule has 0 aliphatic rings. The summed E-state index contributed by atoms with van der Waals surface area (Å²) in [5, 5.41) is 6.50. The van der Waals surface area contributed by atoms with Gasteiger partial charge in [-0.2, -0.15) is 0 Å². The topological polar surface area (TPSA) is 75.2 Å². The van der Waals surface area contributed by atoms with Crippen molar-refractivity contribution in [1.29, 1.82) is 0 Å². The number of benzene rings is 2. The average molecular weight is 427 g/mol. The molecule has 168 valence electrons. The highest BCUT2D eigenvalue weighted by Gasteiger charge is 2.09. The van der Waals surface area contributed by atoms with E-state index in [9.17, 15) is 4.79 Å². The number of ether oxygens (including phenoxy) is 2. The van der Waals surface area contributed by atoms with Gasteiger partial charge in [-0.1, -0.05) is 31.2 Å². The second-order valence-electron chi connectivity index (χ2n) is 7.69. The summed E-state index contributed by atoms with van der Waals surface area (Å²) in [5.74, 6) is 2.66. The van der Waals surface area contributed by atoms with Crippen LogP contribution in [0.4, 0.5) is 0 Å². The summed E-state index contributed by atoms with van der Waals surface area (Å²) in [4.78, 5) is 18.2. The van der Waals surface area contributed by atoms with Gasteiger partial charge in [-0.3, -0.25) is 4.79 Å². The molecule has 2 aromatic carbocycles. The number of carbonyl (C=O) groups excluding carboxylic acids is 1. The van der Waals surface area contributed by atoms with E-state index >= 15 is 0 Å². The zero-order valence-corrected chi connectivity index (χ0v) is 19.1. The molecule has 0 aliphatic heterocycles. The Morgan fingerprint density at radius 2 is 1.48 bits per heavy atom. The highest BCUT2D eigenvalue weighted by molar-refractivity contribution is 5.86. The van der Waals surface area contributed by atoms with E-state index in [4.69, 9.17) is 9.47 Å². The van der Waals surface area contributed by atoms with E-state index in [1.54, 1.807) is 33.2 Å². The van der Waals surface area contributed by atoms with Gasteiger partial charge in [-0.05, 0) is 47.7 Å².